The van der Waals surface area contributed by atoms with Crippen molar-refractivity contribution in [2.75, 3.05) is 14.2 Å². The van der Waals surface area contributed by atoms with E-state index in [-0.39, 0.29) is 11.2 Å². The maximum Gasteiger partial charge on any atom is 0.167 e. The van der Waals surface area contributed by atoms with E-state index in [0.29, 0.717) is 29.4 Å². The molecule has 112 valence electrons. The van der Waals surface area contributed by atoms with Crippen LogP contribution in [0.5, 0.6) is 11.5 Å². The Morgan fingerprint density at radius 3 is 2.35 bits per heavy atom. The Morgan fingerprint density at radius 2 is 1.85 bits per heavy atom. The summed E-state index contributed by atoms with van der Waals surface area (Å²) in [7, 11) is 3.18. The number of rotatable bonds is 6. The van der Waals surface area contributed by atoms with E-state index in [1.807, 2.05) is 0 Å². The van der Waals surface area contributed by atoms with Gasteiger partial charge in [0.15, 0.2) is 5.78 Å². The summed E-state index contributed by atoms with van der Waals surface area (Å²) in [5.41, 5.74) is 0.839. The van der Waals surface area contributed by atoms with Crippen LogP contribution in [0.1, 0.15) is 50.9 Å². The van der Waals surface area contributed by atoms with Crippen molar-refractivity contribution in [3.63, 3.8) is 0 Å². The first-order chi connectivity index (χ1) is 9.26. The average molecular weight is 278 g/mol. The number of Topliss-reactive ketones (excluding diaryl/α,β-unsaturated/α-hetero) is 1. The van der Waals surface area contributed by atoms with Gasteiger partial charge in [0.05, 0.1) is 19.8 Å². The molecule has 0 aliphatic heterocycles. The summed E-state index contributed by atoms with van der Waals surface area (Å²) in [5, 5.41) is 0. The highest BCUT2D eigenvalue weighted by Gasteiger charge is 2.20. The third kappa shape index (κ3) is 4.87. The van der Waals surface area contributed by atoms with Crippen LogP contribution in [0.15, 0.2) is 18.2 Å². The monoisotopic (exact) mass is 278 g/mol. The van der Waals surface area contributed by atoms with E-state index >= 15 is 0 Å². The van der Waals surface area contributed by atoms with Gasteiger partial charge in [-0.05, 0) is 36.0 Å². The topological polar surface area (TPSA) is 35.5 Å². The molecule has 0 radical (unpaired) electrons. The lowest BCUT2D eigenvalue weighted by Crippen LogP contribution is -2.15. The van der Waals surface area contributed by atoms with Crippen LogP contribution in [-0.2, 0) is 0 Å². The van der Waals surface area contributed by atoms with Crippen LogP contribution in [0.4, 0.5) is 0 Å². The first kappa shape index (κ1) is 16.5. The number of hydrogen-bond acceptors (Lipinski definition) is 3. The van der Waals surface area contributed by atoms with Crippen LogP contribution in [-0.4, -0.2) is 20.0 Å². The van der Waals surface area contributed by atoms with Crippen molar-refractivity contribution in [1.82, 2.24) is 0 Å². The molecule has 0 heterocycles. The van der Waals surface area contributed by atoms with Gasteiger partial charge in [-0.3, -0.25) is 4.79 Å². The van der Waals surface area contributed by atoms with Gasteiger partial charge in [0, 0.05) is 6.42 Å². The van der Waals surface area contributed by atoms with Gasteiger partial charge in [0.1, 0.15) is 11.5 Å². The van der Waals surface area contributed by atoms with Crippen molar-refractivity contribution in [2.45, 2.75) is 40.5 Å². The molecule has 1 unspecified atom stereocenters. The van der Waals surface area contributed by atoms with Crippen molar-refractivity contribution in [1.29, 1.82) is 0 Å². The second-order valence-electron chi connectivity index (χ2n) is 6.56. The highest BCUT2D eigenvalue weighted by Crippen LogP contribution is 2.30. The molecule has 0 amide bonds. The molecule has 1 atom stereocenters. The van der Waals surface area contributed by atoms with Gasteiger partial charge in [0.2, 0.25) is 0 Å². The van der Waals surface area contributed by atoms with E-state index < -0.39 is 0 Å². The number of hydrogen-bond donors (Lipinski definition) is 0. The molecule has 0 saturated heterocycles. The summed E-state index contributed by atoms with van der Waals surface area (Å²) in [5.74, 6) is 1.74. The molecule has 1 aromatic carbocycles. The molecule has 3 heteroatoms. The van der Waals surface area contributed by atoms with Gasteiger partial charge < -0.3 is 9.47 Å². The quantitative estimate of drug-likeness (QED) is 0.726. The molecule has 0 bridgehead atoms. The minimum absolute atomic E-state index is 0.109. The largest absolute Gasteiger partial charge is 0.497 e. The third-order valence-corrected chi connectivity index (χ3v) is 3.20. The molecule has 0 saturated carbocycles. The minimum atomic E-state index is 0.109. The van der Waals surface area contributed by atoms with Crippen LogP contribution in [0.25, 0.3) is 0 Å². The van der Waals surface area contributed by atoms with E-state index in [0.717, 1.165) is 6.42 Å². The number of carbonyl (C=O) groups is 1. The number of methoxy groups -OCH3 is 2. The van der Waals surface area contributed by atoms with Crippen molar-refractivity contribution >= 4 is 5.78 Å². The maximum atomic E-state index is 12.5. The molecular formula is C17H26O3. The fraction of sp³-hybridized carbons (Fsp3) is 0.588. The summed E-state index contributed by atoms with van der Waals surface area (Å²) in [6.07, 6.45) is 1.55. The van der Waals surface area contributed by atoms with Gasteiger partial charge in [-0.15, -0.1) is 0 Å². The highest BCUT2D eigenvalue weighted by molar-refractivity contribution is 5.99. The zero-order chi connectivity index (χ0) is 15.3. The summed E-state index contributed by atoms with van der Waals surface area (Å²) >= 11 is 0. The first-order valence-corrected chi connectivity index (χ1v) is 7.02. The van der Waals surface area contributed by atoms with Crippen LogP contribution < -0.4 is 9.47 Å². The molecule has 0 aliphatic carbocycles. The fourth-order valence-electron chi connectivity index (χ4n) is 2.58. The average Bonchev–Trinajstić information content (AvgIpc) is 2.35. The van der Waals surface area contributed by atoms with Crippen LogP contribution >= 0.6 is 0 Å². The SMILES string of the molecule is COc1ccc(OC)c(C(=O)CC(C)CC(C)(C)C)c1. The van der Waals surface area contributed by atoms with E-state index in [2.05, 4.69) is 27.7 Å². The van der Waals surface area contributed by atoms with Crippen LogP contribution in [0.3, 0.4) is 0 Å². The Bertz CT molecular complexity index is 458. The standard InChI is InChI=1S/C17H26O3/c1-12(11-17(2,3)4)9-15(18)14-10-13(19-5)7-8-16(14)20-6/h7-8,10,12H,9,11H2,1-6H3. The fourth-order valence-corrected chi connectivity index (χ4v) is 2.58. The Hall–Kier alpha value is -1.51. The highest BCUT2D eigenvalue weighted by atomic mass is 16.5. The van der Waals surface area contributed by atoms with Gasteiger partial charge in [0.25, 0.3) is 0 Å². The van der Waals surface area contributed by atoms with Gasteiger partial charge in [-0.2, -0.15) is 0 Å². The number of ketones is 1. The maximum absolute atomic E-state index is 12.5. The second kappa shape index (κ2) is 6.78. The lowest BCUT2D eigenvalue weighted by Gasteiger charge is -2.23. The molecule has 0 fully saturated rings. The first-order valence-electron chi connectivity index (χ1n) is 7.02. The second-order valence-corrected chi connectivity index (χ2v) is 6.56. The number of benzene rings is 1. The zero-order valence-corrected chi connectivity index (χ0v) is 13.4. The van der Waals surface area contributed by atoms with Gasteiger partial charge in [-0.1, -0.05) is 27.7 Å². The van der Waals surface area contributed by atoms with Crippen molar-refractivity contribution in [3.8, 4) is 11.5 Å². The molecule has 1 aromatic rings. The minimum Gasteiger partial charge on any atom is -0.497 e. The Morgan fingerprint density at radius 1 is 1.20 bits per heavy atom. The summed E-state index contributed by atoms with van der Waals surface area (Å²) in [6, 6.07) is 5.33. The van der Waals surface area contributed by atoms with E-state index in [1.54, 1.807) is 32.4 Å². The smallest absolute Gasteiger partial charge is 0.167 e. The molecule has 20 heavy (non-hydrogen) atoms. The van der Waals surface area contributed by atoms with E-state index in [1.165, 1.54) is 0 Å². The number of carbonyl (C=O) groups excluding carboxylic acids is 1. The Balaban J connectivity index is 2.86. The zero-order valence-electron chi connectivity index (χ0n) is 13.4. The molecule has 0 spiro atoms. The summed E-state index contributed by atoms with van der Waals surface area (Å²) in [6.45, 7) is 8.70. The Labute approximate surface area is 122 Å². The van der Waals surface area contributed by atoms with Gasteiger partial charge in [-0.25, -0.2) is 0 Å². The third-order valence-electron chi connectivity index (χ3n) is 3.20. The molecule has 0 aliphatic rings. The van der Waals surface area contributed by atoms with Crippen LogP contribution in [0.2, 0.25) is 0 Å². The predicted molar refractivity (Wildman–Crippen MR) is 81.7 cm³/mol. The summed E-state index contributed by atoms with van der Waals surface area (Å²) < 4.78 is 10.5. The normalized spacial score (nSPS) is 12.9. The van der Waals surface area contributed by atoms with Crippen LogP contribution in [0, 0.1) is 11.3 Å². The lowest BCUT2D eigenvalue weighted by molar-refractivity contribution is 0.0951. The van der Waals surface area contributed by atoms with Crippen molar-refractivity contribution in [2.24, 2.45) is 11.3 Å². The summed E-state index contributed by atoms with van der Waals surface area (Å²) in [4.78, 5) is 12.5. The number of ether oxygens (including phenoxy) is 2. The molecule has 1 rings (SSSR count). The molecule has 3 nitrogen and oxygen atoms in total. The van der Waals surface area contributed by atoms with Crippen molar-refractivity contribution in [3.05, 3.63) is 23.8 Å². The molecule has 0 aromatic heterocycles. The molecular weight excluding hydrogens is 252 g/mol. The van der Waals surface area contributed by atoms with Crippen molar-refractivity contribution < 1.29 is 14.3 Å². The van der Waals surface area contributed by atoms with Gasteiger partial charge >= 0.3 is 0 Å². The van der Waals surface area contributed by atoms with E-state index in [4.69, 9.17) is 9.47 Å². The predicted octanol–water partition coefficient (Wildman–Crippen LogP) is 4.35. The van der Waals surface area contributed by atoms with E-state index in [9.17, 15) is 4.79 Å². The molecule has 0 N–H and O–H groups in total. The Kier molecular flexibility index (Phi) is 5.61. The lowest BCUT2D eigenvalue weighted by atomic mass is 9.83.